The monoisotopic (exact) mass is 357 g/mol. The second-order valence-corrected chi connectivity index (χ2v) is 7.52. The van der Waals surface area contributed by atoms with Crippen LogP contribution in [0, 0.1) is 13.8 Å². The summed E-state index contributed by atoms with van der Waals surface area (Å²) in [5.74, 6) is 1.10. The van der Waals surface area contributed by atoms with Gasteiger partial charge in [-0.05, 0) is 32.9 Å². The van der Waals surface area contributed by atoms with Gasteiger partial charge in [0.1, 0.15) is 5.82 Å². The minimum Gasteiger partial charge on any atom is -0.352 e. The van der Waals surface area contributed by atoms with E-state index in [1.54, 1.807) is 12.4 Å². The van der Waals surface area contributed by atoms with Crippen LogP contribution in [0.3, 0.4) is 0 Å². The molecule has 2 aromatic heterocycles. The van der Waals surface area contributed by atoms with Crippen molar-refractivity contribution in [2.75, 3.05) is 31.1 Å². The maximum Gasteiger partial charge on any atom is 0.235 e. The number of hydrogen-bond donors (Lipinski definition) is 0. The summed E-state index contributed by atoms with van der Waals surface area (Å²) in [6, 6.07) is 5.76. The van der Waals surface area contributed by atoms with Crippen LogP contribution in [0.5, 0.6) is 0 Å². The third-order valence-electron chi connectivity index (χ3n) is 4.22. The van der Waals surface area contributed by atoms with Crippen molar-refractivity contribution in [3.63, 3.8) is 0 Å². The van der Waals surface area contributed by atoms with Crippen molar-refractivity contribution in [1.29, 1.82) is 0 Å². The van der Waals surface area contributed by atoms with Crippen LogP contribution in [0.25, 0.3) is 0 Å². The van der Waals surface area contributed by atoms with Gasteiger partial charge in [-0.15, -0.1) is 0 Å². The Balaban J connectivity index is 1.58. The van der Waals surface area contributed by atoms with Crippen LogP contribution < -0.4 is 4.90 Å². The average Bonchev–Trinajstić information content (AvgIpc) is 2.64. The molecule has 1 fully saturated rings. The Morgan fingerprint density at radius 2 is 1.92 bits per heavy atom. The molecule has 0 bridgehead atoms. The molecule has 1 aliphatic heterocycles. The molecular formula is C18H23N5OS. The van der Waals surface area contributed by atoms with Crippen LogP contribution in [0.4, 0.5) is 5.82 Å². The standard InChI is InChI=1S/C18H23N5OS/c1-13-12-20-14(2)17(21-13)22-8-10-23(11-9-22)18(24)15(3)25-16-6-4-5-7-19-16/h4-7,12,15H,8-11H2,1-3H3/t15-/m0/s1. The van der Waals surface area contributed by atoms with Gasteiger partial charge in [0.25, 0.3) is 0 Å². The van der Waals surface area contributed by atoms with E-state index in [2.05, 4.69) is 19.9 Å². The highest BCUT2D eigenvalue weighted by Crippen LogP contribution is 2.23. The molecular weight excluding hydrogens is 334 g/mol. The van der Waals surface area contributed by atoms with Crippen molar-refractivity contribution in [3.05, 3.63) is 42.0 Å². The van der Waals surface area contributed by atoms with Gasteiger partial charge in [-0.3, -0.25) is 9.78 Å². The Labute approximate surface area is 152 Å². The van der Waals surface area contributed by atoms with Crippen LogP contribution >= 0.6 is 11.8 Å². The summed E-state index contributed by atoms with van der Waals surface area (Å²) < 4.78 is 0. The van der Waals surface area contributed by atoms with E-state index < -0.39 is 0 Å². The van der Waals surface area contributed by atoms with Gasteiger partial charge in [0.15, 0.2) is 0 Å². The lowest BCUT2D eigenvalue weighted by atomic mass is 10.2. The second kappa shape index (κ2) is 7.82. The lowest BCUT2D eigenvalue weighted by molar-refractivity contribution is -0.130. The van der Waals surface area contributed by atoms with Crippen molar-refractivity contribution in [2.24, 2.45) is 0 Å². The topological polar surface area (TPSA) is 62.2 Å². The molecule has 0 radical (unpaired) electrons. The number of carbonyl (C=O) groups excluding carboxylic acids is 1. The zero-order chi connectivity index (χ0) is 17.8. The summed E-state index contributed by atoms with van der Waals surface area (Å²) in [5.41, 5.74) is 1.85. The van der Waals surface area contributed by atoms with Crippen LogP contribution in [0.2, 0.25) is 0 Å². The number of amides is 1. The molecule has 1 aliphatic rings. The summed E-state index contributed by atoms with van der Waals surface area (Å²) >= 11 is 1.51. The molecule has 132 valence electrons. The normalized spacial score (nSPS) is 16.0. The molecule has 0 spiro atoms. The van der Waals surface area contributed by atoms with Gasteiger partial charge in [-0.1, -0.05) is 17.8 Å². The minimum absolute atomic E-state index is 0.137. The van der Waals surface area contributed by atoms with E-state index in [4.69, 9.17) is 0 Å². The van der Waals surface area contributed by atoms with Gasteiger partial charge < -0.3 is 9.80 Å². The minimum atomic E-state index is -0.137. The van der Waals surface area contributed by atoms with Gasteiger partial charge >= 0.3 is 0 Å². The van der Waals surface area contributed by atoms with E-state index in [1.807, 2.05) is 43.9 Å². The number of piperazine rings is 1. The number of aryl methyl sites for hydroxylation is 2. The van der Waals surface area contributed by atoms with E-state index in [0.717, 1.165) is 35.3 Å². The summed E-state index contributed by atoms with van der Waals surface area (Å²) in [7, 11) is 0. The number of carbonyl (C=O) groups is 1. The molecule has 0 aliphatic carbocycles. The van der Waals surface area contributed by atoms with Gasteiger partial charge in [0, 0.05) is 38.6 Å². The van der Waals surface area contributed by atoms with Crippen LogP contribution in [-0.2, 0) is 4.79 Å². The predicted molar refractivity (Wildman–Crippen MR) is 99.9 cm³/mol. The number of nitrogens with zero attached hydrogens (tertiary/aromatic N) is 5. The van der Waals surface area contributed by atoms with E-state index in [0.29, 0.717) is 13.1 Å². The fourth-order valence-corrected chi connectivity index (χ4v) is 3.76. The highest BCUT2D eigenvalue weighted by molar-refractivity contribution is 8.00. The molecule has 6 nitrogen and oxygen atoms in total. The Kier molecular flexibility index (Phi) is 5.53. The number of rotatable bonds is 4. The Morgan fingerprint density at radius 3 is 2.60 bits per heavy atom. The number of anilines is 1. The fraction of sp³-hybridized carbons (Fsp3) is 0.444. The third-order valence-corrected chi connectivity index (χ3v) is 5.26. The first-order chi connectivity index (χ1) is 12.0. The predicted octanol–water partition coefficient (Wildman–Crippen LogP) is 2.32. The van der Waals surface area contributed by atoms with Crippen molar-refractivity contribution >= 4 is 23.5 Å². The smallest absolute Gasteiger partial charge is 0.235 e. The van der Waals surface area contributed by atoms with Crippen LogP contribution in [0.1, 0.15) is 18.3 Å². The van der Waals surface area contributed by atoms with E-state index in [9.17, 15) is 4.79 Å². The molecule has 3 rings (SSSR count). The number of thioether (sulfide) groups is 1. The van der Waals surface area contributed by atoms with E-state index in [-0.39, 0.29) is 11.2 Å². The first-order valence-electron chi connectivity index (χ1n) is 8.46. The quantitative estimate of drug-likeness (QED) is 0.783. The Bertz CT molecular complexity index is 732. The lowest BCUT2D eigenvalue weighted by Gasteiger charge is -2.36. The van der Waals surface area contributed by atoms with Gasteiger partial charge in [-0.25, -0.2) is 9.97 Å². The molecule has 7 heteroatoms. The lowest BCUT2D eigenvalue weighted by Crippen LogP contribution is -2.51. The number of aromatic nitrogens is 3. The largest absolute Gasteiger partial charge is 0.352 e. The molecule has 0 aromatic carbocycles. The summed E-state index contributed by atoms with van der Waals surface area (Å²) in [6.45, 7) is 8.86. The van der Waals surface area contributed by atoms with Crippen molar-refractivity contribution in [1.82, 2.24) is 19.9 Å². The summed E-state index contributed by atoms with van der Waals surface area (Å²) in [6.07, 6.45) is 3.54. The van der Waals surface area contributed by atoms with E-state index >= 15 is 0 Å². The van der Waals surface area contributed by atoms with Crippen LogP contribution in [-0.4, -0.2) is 57.2 Å². The molecule has 1 saturated heterocycles. The van der Waals surface area contributed by atoms with E-state index in [1.165, 1.54) is 11.8 Å². The molecule has 0 N–H and O–H groups in total. The van der Waals surface area contributed by atoms with Crippen molar-refractivity contribution < 1.29 is 4.79 Å². The van der Waals surface area contributed by atoms with Crippen molar-refractivity contribution in [2.45, 2.75) is 31.0 Å². The molecule has 0 saturated carbocycles. The second-order valence-electron chi connectivity index (χ2n) is 6.16. The van der Waals surface area contributed by atoms with Crippen molar-refractivity contribution in [3.8, 4) is 0 Å². The molecule has 1 atom stereocenters. The molecule has 2 aromatic rings. The maximum atomic E-state index is 12.7. The number of pyridine rings is 1. The zero-order valence-electron chi connectivity index (χ0n) is 14.8. The highest BCUT2D eigenvalue weighted by Gasteiger charge is 2.26. The zero-order valence-corrected chi connectivity index (χ0v) is 15.7. The summed E-state index contributed by atoms with van der Waals surface area (Å²) in [5, 5.41) is 0.745. The van der Waals surface area contributed by atoms with Crippen LogP contribution in [0.15, 0.2) is 35.6 Å². The molecule has 1 amide bonds. The Morgan fingerprint density at radius 1 is 1.16 bits per heavy atom. The summed E-state index contributed by atoms with van der Waals surface area (Å²) in [4.78, 5) is 30.1. The average molecular weight is 357 g/mol. The number of hydrogen-bond acceptors (Lipinski definition) is 6. The SMILES string of the molecule is Cc1cnc(C)c(N2CCN(C(=O)[C@H](C)Sc3ccccn3)CC2)n1. The fourth-order valence-electron chi connectivity index (χ4n) is 2.87. The first kappa shape index (κ1) is 17.7. The third kappa shape index (κ3) is 4.28. The molecule has 25 heavy (non-hydrogen) atoms. The van der Waals surface area contributed by atoms with Gasteiger partial charge in [0.2, 0.25) is 5.91 Å². The molecule has 0 unspecified atom stereocenters. The maximum absolute atomic E-state index is 12.7. The molecule has 3 heterocycles. The Hall–Kier alpha value is -2.15. The van der Waals surface area contributed by atoms with Gasteiger partial charge in [0.05, 0.1) is 21.7 Å². The first-order valence-corrected chi connectivity index (χ1v) is 9.34. The highest BCUT2D eigenvalue weighted by atomic mass is 32.2. The van der Waals surface area contributed by atoms with Gasteiger partial charge in [-0.2, -0.15) is 0 Å².